The van der Waals surface area contributed by atoms with Crippen molar-refractivity contribution in [2.24, 2.45) is 7.05 Å². The number of carbonyl (C=O) groups excluding carboxylic acids is 1. The van der Waals surface area contributed by atoms with Crippen molar-refractivity contribution in [2.75, 3.05) is 6.54 Å². The van der Waals surface area contributed by atoms with E-state index in [-0.39, 0.29) is 23.0 Å². The van der Waals surface area contributed by atoms with Crippen LogP contribution in [0.1, 0.15) is 27.3 Å². The summed E-state index contributed by atoms with van der Waals surface area (Å²) in [6.45, 7) is 0.807. The van der Waals surface area contributed by atoms with Gasteiger partial charge in [0, 0.05) is 44.2 Å². The molecule has 140 valence electrons. The molecule has 0 N–H and O–H groups in total. The van der Waals surface area contributed by atoms with Gasteiger partial charge in [-0.2, -0.15) is 10.4 Å². The van der Waals surface area contributed by atoms with Crippen LogP contribution in [0, 0.1) is 17.1 Å². The van der Waals surface area contributed by atoms with E-state index < -0.39 is 0 Å². The number of pyridine rings is 1. The first-order valence-corrected chi connectivity index (χ1v) is 8.70. The van der Waals surface area contributed by atoms with Gasteiger partial charge in [-0.3, -0.25) is 18.8 Å². The van der Waals surface area contributed by atoms with Gasteiger partial charge in [-0.05, 0) is 41.8 Å². The summed E-state index contributed by atoms with van der Waals surface area (Å²) < 4.78 is 16.0. The minimum Gasteiger partial charge on any atom is -0.333 e. The summed E-state index contributed by atoms with van der Waals surface area (Å²) in [5.41, 5.74) is 2.64. The molecule has 0 saturated carbocycles. The van der Waals surface area contributed by atoms with Crippen LogP contribution in [0.4, 0.5) is 4.39 Å². The van der Waals surface area contributed by atoms with Crippen LogP contribution in [0.15, 0.2) is 47.4 Å². The summed E-state index contributed by atoms with van der Waals surface area (Å²) in [6, 6.07) is 10.6. The van der Waals surface area contributed by atoms with E-state index in [1.807, 2.05) is 6.07 Å². The SMILES string of the molecule is Cn1nc(C#N)cc1C(=O)N1CCc2cc(=O)n(-c3ccc(F)cc3)cc2C1. The summed E-state index contributed by atoms with van der Waals surface area (Å²) in [5, 5.41) is 13.0. The Morgan fingerprint density at radius 3 is 2.64 bits per heavy atom. The monoisotopic (exact) mass is 377 g/mol. The summed E-state index contributed by atoms with van der Waals surface area (Å²) in [6.07, 6.45) is 2.26. The molecule has 1 aliphatic heterocycles. The van der Waals surface area contributed by atoms with E-state index in [4.69, 9.17) is 5.26 Å². The van der Waals surface area contributed by atoms with Crippen LogP contribution in [0.3, 0.4) is 0 Å². The number of carbonyl (C=O) groups is 1. The molecule has 7 nitrogen and oxygen atoms in total. The Balaban J connectivity index is 1.66. The topological polar surface area (TPSA) is 83.9 Å². The average molecular weight is 377 g/mol. The lowest BCUT2D eigenvalue weighted by Crippen LogP contribution is -2.38. The van der Waals surface area contributed by atoms with E-state index in [0.29, 0.717) is 30.9 Å². The van der Waals surface area contributed by atoms with Crippen LogP contribution in [-0.4, -0.2) is 31.7 Å². The number of benzene rings is 1. The number of aromatic nitrogens is 3. The number of nitriles is 1. The van der Waals surface area contributed by atoms with Crippen molar-refractivity contribution in [1.29, 1.82) is 5.26 Å². The van der Waals surface area contributed by atoms with Gasteiger partial charge < -0.3 is 4.90 Å². The minimum atomic E-state index is -0.376. The maximum Gasteiger partial charge on any atom is 0.272 e. The summed E-state index contributed by atoms with van der Waals surface area (Å²) >= 11 is 0. The number of nitrogens with zero attached hydrogens (tertiary/aromatic N) is 5. The maximum atomic E-state index is 13.2. The van der Waals surface area contributed by atoms with Gasteiger partial charge in [-0.15, -0.1) is 0 Å². The number of hydrogen-bond donors (Lipinski definition) is 0. The zero-order valence-corrected chi connectivity index (χ0v) is 15.1. The second-order valence-corrected chi connectivity index (χ2v) is 6.64. The zero-order valence-electron chi connectivity index (χ0n) is 15.1. The lowest BCUT2D eigenvalue weighted by molar-refractivity contribution is 0.0723. The third-order valence-corrected chi connectivity index (χ3v) is 4.85. The van der Waals surface area contributed by atoms with E-state index in [9.17, 15) is 14.0 Å². The Kier molecular flexibility index (Phi) is 4.28. The molecule has 3 aromatic rings. The number of halogens is 1. The average Bonchev–Trinajstić information content (AvgIpc) is 3.08. The molecule has 0 spiro atoms. The van der Waals surface area contributed by atoms with E-state index in [2.05, 4.69) is 5.10 Å². The molecular weight excluding hydrogens is 361 g/mol. The minimum absolute atomic E-state index is 0.188. The van der Waals surface area contributed by atoms with Gasteiger partial charge in [0.2, 0.25) is 0 Å². The predicted octanol–water partition coefficient (Wildman–Crippen LogP) is 1.78. The molecule has 0 unspecified atom stereocenters. The Labute approximate surface area is 159 Å². The number of rotatable bonds is 2. The van der Waals surface area contributed by atoms with Gasteiger partial charge in [0.25, 0.3) is 11.5 Å². The number of amides is 1. The Morgan fingerprint density at radius 2 is 1.96 bits per heavy atom. The zero-order chi connectivity index (χ0) is 19.8. The largest absolute Gasteiger partial charge is 0.333 e. The highest BCUT2D eigenvalue weighted by Gasteiger charge is 2.25. The molecule has 4 rings (SSSR count). The molecule has 0 aliphatic carbocycles. The Morgan fingerprint density at radius 1 is 1.21 bits per heavy atom. The normalized spacial score (nSPS) is 13.1. The fourth-order valence-corrected chi connectivity index (χ4v) is 3.39. The second kappa shape index (κ2) is 6.78. The van der Waals surface area contributed by atoms with E-state index in [1.165, 1.54) is 39.6 Å². The van der Waals surface area contributed by atoms with Crippen molar-refractivity contribution < 1.29 is 9.18 Å². The van der Waals surface area contributed by atoms with Gasteiger partial charge in [-0.1, -0.05) is 0 Å². The molecular formula is C20H16FN5O2. The quantitative estimate of drug-likeness (QED) is 0.682. The first-order valence-electron chi connectivity index (χ1n) is 8.70. The van der Waals surface area contributed by atoms with Gasteiger partial charge in [0.1, 0.15) is 17.6 Å². The molecule has 0 bridgehead atoms. The Hall–Kier alpha value is -3.73. The molecule has 0 fully saturated rings. The fraction of sp³-hybridized carbons (Fsp3) is 0.200. The fourth-order valence-electron chi connectivity index (χ4n) is 3.39. The van der Waals surface area contributed by atoms with Gasteiger partial charge >= 0.3 is 0 Å². The highest BCUT2D eigenvalue weighted by Crippen LogP contribution is 2.21. The lowest BCUT2D eigenvalue weighted by atomic mass is 10.0. The number of fused-ring (bicyclic) bond motifs is 1. The van der Waals surface area contributed by atoms with Crippen LogP contribution in [0.25, 0.3) is 5.69 Å². The molecule has 2 aromatic heterocycles. The maximum absolute atomic E-state index is 13.2. The standard InChI is InChI=1S/C20H16FN5O2/c1-24-18(9-16(10-22)23-24)20(28)25-7-6-13-8-19(27)26(12-14(13)11-25)17-4-2-15(21)3-5-17/h2-5,8-9,12H,6-7,11H2,1H3. The second-order valence-electron chi connectivity index (χ2n) is 6.64. The number of hydrogen-bond acceptors (Lipinski definition) is 4. The lowest BCUT2D eigenvalue weighted by Gasteiger charge is -2.29. The highest BCUT2D eigenvalue weighted by atomic mass is 19.1. The van der Waals surface area contributed by atoms with Gasteiger partial charge in [-0.25, -0.2) is 4.39 Å². The van der Waals surface area contributed by atoms with Crippen molar-refractivity contribution in [3.63, 3.8) is 0 Å². The van der Waals surface area contributed by atoms with Crippen molar-refractivity contribution in [3.8, 4) is 11.8 Å². The van der Waals surface area contributed by atoms with Crippen LogP contribution < -0.4 is 5.56 Å². The molecule has 1 aliphatic rings. The first kappa shape index (κ1) is 17.7. The van der Waals surface area contributed by atoms with E-state index in [1.54, 1.807) is 24.2 Å². The van der Waals surface area contributed by atoms with Gasteiger partial charge in [0.15, 0.2) is 5.69 Å². The van der Waals surface area contributed by atoms with Crippen LogP contribution in [0.5, 0.6) is 0 Å². The third kappa shape index (κ3) is 3.07. The molecule has 28 heavy (non-hydrogen) atoms. The smallest absolute Gasteiger partial charge is 0.272 e. The number of aryl methyl sites for hydroxylation is 1. The Bertz CT molecular complexity index is 1170. The summed E-state index contributed by atoms with van der Waals surface area (Å²) in [7, 11) is 1.62. The van der Waals surface area contributed by atoms with Crippen molar-refractivity contribution in [1.82, 2.24) is 19.2 Å². The van der Waals surface area contributed by atoms with Crippen LogP contribution in [0.2, 0.25) is 0 Å². The molecule has 0 saturated heterocycles. The van der Waals surface area contributed by atoms with Crippen LogP contribution in [-0.2, 0) is 20.0 Å². The van der Waals surface area contributed by atoms with Gasteiger partial charge in [0.05, 0.1) is 0 Å². The molecule has 0 atom stereocenters. The van der Waals surface area contributed by atoms with Crippen molar-refractivity contribution in [2.45, 2.75) is 13.0 Å². The summed E-state index contributed by atoms with van der Waals surface area (Å²) in [5.74, 6) is -0.596. The van der Waals surface area contributed by atoms with E-state index in [0.717, 1.165) is 11.1 Å². The highest BCUT2D eigenvalue weighted by molar-refractivity contribution is 5.93. The molecule has 3 heterocycles. The third-order valence-electron chi connectivity index (χ3n) is 4.85. The van der Waals surface area contributed by atoms with Crippen LogP contribution >= 0.6 is 0 Å². The first-order chi connectivity index (χ1) is 13.5. The van der Waals surface area contributed by atoms with Crippen molar-refractivity contribution in [3.05, 3.63) is 81.3 Å². The molecule has 1 amide bonds. The molecule has 8 heteroatoms. The summed E-state index contributed by atoms with van der Waals surface area (Å²) in [4.78, 5) is 27.0. The molecule has 1 aromatic carbocycles. The predicted molar refractivity (Wildman–Crippen MR) is 98.4 cm³/mol. The van der Waals surface area contributed by atoms with Crippen molar-refractivity contribution >= 4 is 5.91 Å². The van der Waals surface area contributed by atoms with E-state index >= 15 is 0 Å². The molecule has 0 radical (unpaired) electrons.